The van der Waals surface area contributed by atoms with E-state index in [1.54, 1.807) is 5.56 Å². The standard InChI is InChI=1S/C46H36N2/c1-4-13-34(14-5-1)43-31-44(35-15-6-2-7-16-35)48-45(47-43)38-18-12-17-36(29-38)32-21-23-33(24-22-32)37-25-26-40-39-19-8-9-20-41(39)46(42(40)30-37)27-10-3-11-28-46/h1-2,4-9,12-26,29-31H,3,10-11,27-28H2. The molecular weight excluding hydrogens is 581 g/mol. The maximum Gasteiger partial charge on any atom is 0.160 e. The van der Waals surface area contributed by atoms with Gasteiger partial charge in [-0.15, -0.1) is 0 Å². The Morgan fingerprint density at radius 1 is 0.354 bits per heavy atom. The van der Waals surface area contributed by atoms with Crippen molar-refractivity contribution < 1.29 is 0 Å². The minimum atomic E-state index is 0.167. The highest BCUT2D eigenvalue weighted by Gasteiger charge is 2.43. The molecule has 2 aliphatic carbocycles. The van der Waals surface area contributed by atoms with Gasteiger partial charge in [0.1, 0.15) is 0 Å². The third-order valence-corrected chi connectivity index (χ3v) is 10.5. The van der Waals surface area contributed by atoms with Crippen molar-refractivity contribution in [2.24, 2.45) is 0 Å². The fourth-order valence-electron chi connectivity index (χ4n) is 8.11. The number of hydrogen-bond acceptors (Lipinski definition) is 2. The number of aromatic nitrogens is 2. The zero-order valence-corrected chi connectivity index (χ0v) is 26.9. The molecule has 0 aliphatic heterocycles. The quantitative estimate of drug-likeness (QED) is 0.192. The fraction of sp³-hybridized carbons (Fsp3) is 0.130. The molecule has 1 aromatic heterocycles. The molecule has 0 bridgehead atoms. The predicted octanol–water partition coefficient (Wildman–Crippen LogP) is 12.0. The van der Waals surface area contributed by atoms with E-state index >= 15 is 0 Å². The van der Waals surface area contributed by atoms with E-state index in [1.165, 1.54) is 65.5 Å². The van der Waals surface area contributed by atoms with Gasteiger partial charge < -0.3 is 0 Å². The molecule has 0 radical (unpaired) electrons. The molecule has 7 aromatic rings. The highest BCUT2D eigenvalue weighted by atomic mass is 14.9. The fourth-order valence-corrected chi connectivity index (χ4v) is 8.11. The largest absolute Gasteiger partial charge is 0.228 e. The Morgan fingerprint density at radius 2 is 0.875 bits per heavy atom. The van der Waals surface area contributed by atoms with Crippen molar-refractivity contribution in [3.63, 3.8) is 0 Å². The topological polar surface area (TPSA) is 25.8 Å². The summed E-state index contributed by atoms with van der Waals surface area (Å²) in [5.41, 5.74) is 16.0. The third kappa shape index (κ3) is 4.96. The van der Waals surface area contributed by atoms with Crippen LogP contribution in [0.1, 0.15) is 43.2 Å². The number of fused-ring (bicyclic) bond motifs is 5. The summed E-state index contributed by atoms with van der Waals surface area (Å²) in [7, 11) is 0. The van der Waals surface area contributed by atoms with E-state index < -0.39 is 0 Å². The minimum Gasteiger partial charge on any atom is -0.228 e. The average Bonchev–Trinajstić information content (AvgIpc) is 3.43. The second-order valence-corrected chi connectivity index (χ2v) is 13.3. The predicted molar refractivity (Wildman–Crippen MR) is 199 cm³/mol. The van der Waals surface area contributed by atoms with Crippen LogP contribution >= 0.6 is 0 Å². The Balaban J connectivity index is 1.06. The van der Waals surface area contributed by atoms with Crippen LogP contribution in [-0.2, 0) is 5.41 Å². The van der Waals surface area contributed by atoms with Crippen LogP contribution in [0.2, 0.25) is 0 Å². The van der Waals surface area contributed by atoms with Crippen LogP contribution in [-0.4, -0.2) is 9.97 Å². The molecule has 1 spiro atoms. The molecule has 6 aromatic carbocycles. The van der Waals surface area contributed by atoms with Crippen molar-refractivity contribution in [3.8, 4) is 67.3 Å². The number of benzene rings is 6. The lowest BCUT2D eigenvalue weighted by Crippen LogP contribution is -2.28. The molecule has 2 nitrogen and oxygen atoms in total. The van der Waals surface area contributed by atoms with Gasteiger partial charge in [0.2, 0.25) is 0 Å². The Morgan fingerprint density at radius 3 is 1.54 bits per heavy atom. The van der Waals surface area contributed by atoms with Crippen LogP contribution in [0, 0.1) is 0 Å². The Labute approximate surface area is 282 Å². The SMILES string of the molecule is c1ccc(-c2cc(-c3ccccc3)nc(-c3cccc(-c4ccc(-c5ccc6c(c5)C5(CCCCC5)c5ccccc5-6)cc4)c3)n2)cc1. The Hall–Kier alpha value is -5.60. The molecule has 1 saturated carbocycles. The van der Waals surface area contributed by atoms with Gasteiger partial charge in [-0.3, -0.25) is 0 Å². The summed E-state index contributed by atoms with van der Waals surface area (Å²) in [4.78, 5) is 10.1. The minimum absolute atomic E-state index is 0.167. The maximum atomic E-state index is 5.06. The van der Waals surface area contributed by atoms with Crippen molar-refractivity contribution in [1.29, 1.82) is 0 Å². The zero-order valence-electron chi connectivity index (χ0n) is 26.9. The first-order valence-electron chi connectivity index (χ1n) is 17.2. The molecule has 1 fully saturated rings. The summed E-state index contributed by atoms with van der Waals surface area (Å²) in [5.74, 6) is 0.726. The smallest absolute Gasteiger partial charge is 0.160 e. The number of nitrogens with zero attached hydrogens (tertiary/aromatic N) is 2. The third-order valence-electron chi connectivity index (χ3n) is 10.5. The highest BCUT2D eigenvalue weighted by Crippen LogP contribution is 2.56. The Kier molecular flexibility index (Phi) is 7.08. The van der Waals surface area contributed by atoms with E-state index in [-0.39, 0.29) is 5.41 Å². The summed E-state index contributed by atoms with van der Waals surface area (Å²) in [6, 6.07) is 56.8. The number of hydrogen-bond donors (Lipinski definition) is 0. The van der Waals surface area contributed by atoms with E-state index in [0.29, 0.717) is 0 Å². The van der Waals surface area contributed by atoms with Crippen molar-refractivity contribution >= 4 is 0 Å². The lowest BCUT2D eigenvalue weighted by molar-refractivity contribution is 0.353. The van der Waals surface area contributed by atoms with Crippen molar-refractivity contribution in [2.45, 2.75) is 37.5 Å². The number of rotatable bonds is 5. The lowest BCUT2D eigenvalue weighted by Gasteiger charge is -2.36. The van der Waals surface area contributed by atoms with E-state index in [4.69, 9.17) is 9.97 Å². The molecule has 0 unspecified atom stereocenters. The van der Waals surface area contributed by atoms with Gasteiger partial charge in [-0.1, -0.05) is 159 Å². The first-order chi connectivity index (χ1) is 23.7. The normalized spacial score (nSPS) is 14.4. The second kappa shape index (κ2) is 11.9. The highest BCUT2D eigenvalue weighted by molar-refractivity contribution is 5.84. The van der Waals surface area contributed by atoms with Gasteiger partial charge >= 0.3 is 0 Å². The summed E-state index contributed by atoms with van der Waals surface area (Å²) in [6.45, 7) is 0. The molecule has 0 atom stereocenters. The van der Waals surface area contributed by atoms with Crippen molar-refractivity contribution in [3.05, 3.63) is 169 Å². The first kappa shape index (κ1) is 28.6. The van der Waals surface area contributed by atoms with E-state index in [1.807, 2.05) is 12.1 Å². The van der Waals surface area contributed by atoms with E-state index in [0.717, 1.165) is 39.5 Å². The summed E-state index contributed by atoms with van der Waals surface area (Å²) in [6.07, 6.45) is 6.46. The van der Waals surface area contributed by atoms with Crippen molar-refractivity contribution in [2.75, 3.05) is 0 Å². The monoisotopic (exact) mass is 616 g/mol. The molecule has 0 saturated heterocycles. The summed E-state index contributed by atoms with van der Waals surface area (Å²) < 4.78 is 0. The van der Waals surface area contributed by atoms with Gasteiger partial charge in [0.05, 0.1) is 11.4 Å². The van der Waals surface area contributed by atoms with Gasteiger partial charge in [0, 0.05) is 22.1 Å². The van der Waals surface area contributed by atoms with Crippen LogP contribution in [0.25, 0.3) is 67.3 Å². The lowest BCUT2D eigenvalue weighted by atomic mass is 9.67. The molecule has 9 rings (SSSR count). The van der Waals surface area contributed by atoms with Gasteiger partial charge in [-0.2, -0.15) is 0 Å². The maximum absolute atomic E-state index is 5.06. The zero-order chi connectivity index (χ0) is 31.9. The second-order valence-electron chi connectivity index (χ2n) is 13.3. The van der Waals surface area contributed by atoms with Gasteiger partial charge in [-0.05, 0) is 75.5 Å². The van der Waals surface area contributed by atoms with Crippen LogP contribution in [0.5, 0.6) is 0 Å². The van der Waals surface area contributed by atoms with Crippen LogP contribution < -0.4 is 0 Å². The molecule has 230 valence electrons. The van der Waals surface area contributed by atoms with Gasteiger partial charge in [0.15, 0.2) is 5.82 Å². The van der Waals surface area contributed by atoms with Crippen LogP contribution in [0.15, 0.2) is 158 Å². The molecule has 2 aliphatic rings. The molecule has 1 heterocycles. The van der Waals surface area contributed by atoms with Crippen molar-refractivity contribution in [1.82, 2.24) is 9.97 Å². The van der Waals surface area contributed by atoms with Gasteiger partial charge in [-0.25, -0.2) is 9.97 Å². The Bertz CT molecular complexity index is 2190. The summed E-state index contributed by atoms with van der Waals surface area (Å²) >= 11 is 0. The van der Waals surface area contributed by atoms with E-state index in [2.05, 4.69) is 146 Å². The molecule has 48 heavy (non-hydrogen) atoms. The average molecular weight is 617 g/mol. The molecular formula is C46H36N2. The summed E-state index contributed by atoms with van der Waals surface area (Å²) in [5, 5.41) is 0. The van der Waals surface area contributed by atoms with Gasteiger partial charge in [0.25, 0.3) is 0 Å². The van der Waals surface area contributed by atoms with E-state index in [9.17, 15) is 0 Å². The van der Waals surface area contributed by atoms with Crippen LogP contribution in [0.4, 0.5) is 0 Å². The molecule has 0 amide bonds. The molecule has 2 heteroatoms. The van der Waals surface area contributed by atoms with Crippen LogP contribution in [0.3, 0.4) is 0 Å². The molecule has 0 N–H and O–H groups in total. The first-order valence-corrected chi connectivity index (χ1v) is 17.2.